The van der Waals surface area contributed by atoms with E-state index in [1.807, 2.05) is 31.2 Å². The van der Waals surface area contributed by atoms with Gasteiger partial charge in [-0.1, -0.05) is 28.1 Å². The van der Waals surface area contributed by atoms with E-state index in [9.17, 15) is 4.79 Å². The van der Waals surface area contributed by atoms with E-state index < -0.39 is 9.21 Å². The minimum Gasteiger partial charge on any atom is -0.348 e. The van der Waals surface area contributed by atoms with E-state index in [0.29, 0.717) is 0 Å². The summed E-state index contributed by atoms with van der Waals surface area (Å²) in [5.41, 5.74) is 1.01. The molecule has 1 aromatic rings. The average molecular weight is 386 g/mol. The number of carbonyl (C=O) groups excluding carboxylic acids is 1. The molecule has 2 rings (SSSR count). The zero-order chi connectivity index (χ0) is 14.3. The van der Waals surface area contributed by atoms with Crippen LogP contribution in [0.4, 0.5) is 0 Å². The van der Waals surface area contributed by atoms with Crippen LogP contribution in [-0.4, -0.2) is 15.1 Å². The Kier molecular flexibility index (Phi) is 4.41. The molecule has 1 aliphatic rings. The predicted octanol–water partition coefficient (Wildman–Crippen LogP) is 4.57. The molecule has 19 heavy (non-hydrogen) atoms. The minimum absolute atomic E-state index is 0.114. The van der Waals surface area contributed by atoms with E-state index in [4.69, 9.17) is 34.8 Å². The molecule has 0 bridgehead atoms. The normalized spacial score (nSPS) is 21.3. The lowest BCUT2D eigenvalue weighted by molar-refractivity contribution is -0.126. The van der Waals surface area contributed by atoms with Gasteiger partial charge in [0.15, 0.2) is 0 Å². The van der Waals surface area contributed by atoms with Gasteiger partial charge in [-0.15, -0.1) is 34.8 Å². The van der Waals surface area contributed by atoms with E-state index in [0.717, 1.165) is 10.0 Å². The summed E-state index contributed by atoms with van der Waals surface area (Å²) in [6, 6.07) is 7.64. The summed E-state index contributed by atoms with van der Waals surface area (Å²) in [4.78, 5) is 11.1. The Morgan fingerprint density at radius 1 is 1.26 bits per heavy atom. The second-order valence-corrected chi connectivity index (χ2v) is 8.20. The number of benzene rings is 1. The molecule has 104 valence electrons. The van der Waals surface area contributed by atoms with Crippen LogP contribution < -0.4 is 5.32 Å². The Balaban J connectivity index is 1.98. The molecule has 0 radical (unpaired) electrons. The molecule has 1 saturated carbocycles. The Bertz CT molecular complexity index is 481. The summed E-state index contributed by atoms with van der Waals surface area (Å²) in [5.74, 6) is -0.221. The summed E-state index contributed by atoms with van der Waals surface area (Å²) in [7, 11) is 0. The van der Waals surface area contributed by atoms with Crippen molar-refractivity contribution in [3.05, 3.63) is 34.3 Å². The van der Waals surface area contributed by atoms with Gasteiger partial charge in [-0.25, -0.2) is 0 Å². The van der Waals surface area contributed by atoms with Crippen molar-refractivity contribution < 1.29 is 4.79 Å². The summed E-state index contributed by atoms with van der Waals surface area (Å²) in [5, 5.41) is 2.89. The fraction of sp³-hybridized carbons (Fsp3) is 0.462. The van der Waals surface area contributed by atoms with Crippen molar-refractivity contribution in [2.45, 2.75) is 35.0 Å². The van der Waals surface area contributed by atoms with Crippen molar-refractivity contribution in [1.82, 2.24) is 5.32 Å². The zero-order valence-corrected chi connectivity index (χ0v) is 14.1. The number of amides is 1. The van der Waals surface area contributed by atoms with Crippen LogP contribution in [0.25, 0.3) is 0 Å². The Hall–Kier alpha value is 0.0400. The van der Waals surface area contributed by atoms with Crippen LogP contribution in [0.3, 0.4) is 0 Å². The van der Waals surface area contributed by atoms with Crippen LogP contribution in [0.1, 0.15) is 31.4 Å². The van der Waals surface area contributed by atoms with Gasteiger partial charge in [0, 0.05) is 17.3 Å². The van der Waals surface area contributed by atoms with Gasteiger partial charge in [-0.2, -0.15) is 0 Å². The van der Waals surface area contributed by atoms with Crippen molar-refractivity contribution in [3.8, 4) is 0 Å². The topological polar surface area (TPSA) is 29.1 Å². The first-order chi connectivity index (χ1) is 8.72. The quantitative estimate of drug-likeness (QED) is 0.759. The maximum atomic E-state index is 12.1. The van der Waals surface area contributed by atoms with E-state index in [2.05, 4.69) is 21.2 Å². The zero-order valence-electron chi connectivity index (χ0n) is 10.2. The maximum absolute atomic E-state index is 12.1. The van der Waals surface area contributed by atoms with Crippen LogP contribution in [0, 0.1) is 0 Å². The van der Waals surface area contributed by atoms with Crippen LogP contribution >= 0.6 is 50.7 Å². The Labute approximate surface area is 135 Å². The first-order valence-corrected chi connectivity index (χ1v) is 7.78. The van der Waals surface area contributed by atoms with Gasteiger partial charge in [0.05, 0.1) is 6.04 Å². The molecule has 0 aliphatic heterocycles. The van der Waals surface area contributed by atoms with E-state index >= 15 is 0 Å². The number of hydrogen-bond acceptors (Lipinski definition) is 1. The summed E-state index contributed by atoms with van der Waals surface area (Å²) in [6.07, 6.45) is 0.535. The summed E-state index contributed by atoms with van der Waals surface area (Å²) in [6.45, 7) is 1.91. The van der Waals surface area contributed by atoms with Crippen molar-refractivity contribution in [2.75, 3.05) is 0 Å². The number of rotatable bonds is 3. The van der Waals surface area contributed by atoms with Crippen molar-refractivity contribution in [1.29, 1.82) is 0 Å². The molecular weight excluding hydrogens is 372 g/mol. The summed E-state index contributed by atoms with van der Waals surface area (Å²) < 4.78 is 0.122. The SMILES string of the molecule is CC(NC(=O)C1(Cl)CC(Cl)(Cl)C1)c1ccc(Br)cc1. The number of nitrogens with one attached hydrogen (secondary N) is 1. The lowest BCUT2D eigenvalue weighted by atomic mass is 9.82. The standard InChI is InChI=1S/C13H13BrCl3NO/c1-8(9-2-4-10(14)5-3-9)18-11(19)12(15)6-13(16,17)7-12/h2-5,8H,6-7H2,1H3,(H,18,19). The number of alkyl halides is 3. The molecule has 1 aromatic carbocycles. The van der Waals surface area contributed by atoms with Gasteiger partial charge in [0.25, 0.3) is 0 Å². The van der Waals surface area contributed by atoms with E-state index in [1.54, 1.807) is 0 Å². The molecule has 1 atom stereocenters. The average Bonchev–Trinajstić information content (AvgIpc) is 2.26. The molecule has 2 nitrogen and oxygen atoms in total. The fourth-order valence-electron chi connectivity index (χ4n) is 2.09. The van der Waals surface area contributed by atoms with Gasteiger partial charge >= 0.3 is 0 Å². The molecular formula is C13H13BrCl3NO. The van der Waals surface area contributed by atoms with Gasteiger partial charge < -0.3 is 5.32 Å². The monoisotopic (exact) mass is 383 g/mol. The van der Waals surface area contributed by atoms with E-state index in [1.165, 1.54) is 0 Å². The van der Waals surface area contributed by atoms with Gasteiger partial charge in [0.2, 0.25) is 5.91 Å². The number of carbonyl (C=O) groups is 1. The van der Waals surface area contributed by atoms with Gasteiger partial charge in [-0.3, -0.25) is 4.79 Å². The van der Waals surface area contributed by atoms with Crippen LogP contribution in [0.2, 0.25) is 0 Å². The fourth-order valence-corrected chi connectivity index (χ4v) is 4.05. The molecule has 6 heteroatoms. The molecule has 1 N–H and O–H groups in total. The summed E-state index contributed by atoms with van der Waals surface area (Å²) >= 11 is 21.4. The molecule has 0 spiro atoms. The lowest BCUT2D eigenvalue weighted by Crippen LogP contribution is -2.56. The van der Waals surface area contributed by atoms with Crippen molar-refractivity contribution in [2.24, 2.45) is 0 Å². The maximum Gasteiger partial charge on any atom is 0.241 e. The molecule has 1 unspecified atom stereocenters. The molecule has 0 aromatic heterocycles. The Morgan fingerprint density at radius 3 is 2.26 bits per heavy atom. The second-order valence-electron chi connectivity index (χ2n) is 4.92. The third-order valence-corrected chi connectivity index (χ3v) is 4.70. The Morgan fingerprint density at radius 2 is 1.79 bits per heavy atom. The molecule has 1 fully saturated rings. The first kappa shape index (κ1) is 15.4. The lowest BCUT2D eigenvalue weighted by Gasteiger charge is -2.44. The molecule has 0 heterocycles. The second kappa shape index (κ2) is 5.44. The minimum atomic E-state index is -0.979. The van der Waals surface area contributed by atoms with Gasteiger partial charge in [0.1, 0.15) is 9.21 Å². The van der Waals surface area contributed by atoms with Crippen molar-refractivity contribution in [3.63, 3.8) is 0 Å². The number of hydrogen-bond donors (Lipinski definition) is 1. The highest BCUT2D eigenvalue weighted by Crippen LogP contribution is 2.53. The van der Waals surface area contributed by atoms with Crippen LogP contribution in [0.15, 0.2) is 28.7 Å². The third kappa shape index (κ3) is 3.57. The van der Waals surface area contributed by atoms with Crippen LogP contribution in [-0.2, 0) is 4.79 Å². The van der Waals surface area contributed by atoms with Crippen LogP contribution in [0.5, 0.6) is 0 Å². The van der Waals surface area contributed by atoms with E-state index in [-0.39, 0.29) is 24.8 Å². The predicted molar refractivity (Wildman–Crippen MR) is 83.0 cm³/mol. The highest BCUT2D eigenvalue weighted by molar-refractivity contribution is 9.10. The smallest absolute Gasteiger partial charge is 0.241 e. The third-order valence-electron chi connectivity index (χ3n) is 3.20. The largest absolute Gasteiger partial charge is 0.348 e. The highest BCUT2D eigenvalue weighted by atomic mass is 79.9. The number of halogens is 4. The van der Waals surface area contributed by atoms with Gasteiger partial charge in [-0.05, 0) is 24.6 Å². The molecule has 1 amide bonds. The highest BCUT2D eigenvalue weighted by Gasteiger charge is 2.56. The first-order valence-electron chi connectivity index (χ1n) is 5.85. The molecule has 0 saturated heterocycles. The molecule has 1 aliphatic carbocycles. The van der Waals surface area contributed by atoms with Crippen molar-refractivity contribution >= 4 is 56.6 Å².